The molecule has 1 heterocycles. The minimum absolute atomic E-state index is 0.0775. The molecule has 1 aliphatic rings. The van der Waals surface area contributed by atoms with Crippen LogP contribution in [0.2, 0.25) is 0 Å². The number of aldehydes is 1. The first-order valence-electron chi connectivity index (χ1n) is 6.10. The summed E-state index contributed by atoms with van der Waals surface area (Å²) in [5, 5.41) is 0. The molecule has 1 amide bonds. The van der Waals surface area contributed by atoms with Crippen molar-refractivity contribution in [3.8, 4) is 0 Å². The Bertz CT molecular complexity index is 238. The van der Waals surface area contributed by atoms with Crippen LogP contribution >= 0.6 is 0 Å². The van der Waals surface area contributed by atoms with E-state index >= 15 is 0 Å². The van der Waals surface area contributed by atoms with Crippen LogP contribution < -0.4 is 0 Å². The van der Waals surface area contributed by atoms with Crippen LogP contribution in [0.25, 0.3) is 0 Å². The Balaban J connectivity index is 0.00000106. The molecule has 0 bridgehead atoms. The highest BCUT2D eigenvalue weighted by Crippen LogP contribution is 2.26. The van der Waals surface area contributed by atoms with Gasteiger partial charge in [-0.2, -0.15) is 0 Å². The lowest BCUT2D eigenvalue weighted by molar-refractivity contribution is -0.134. The van der Waals surface area contributed by atoms with Gasteiger partial charge in [0.15, 0.2) is 0 Å². The molecule has 0 spiro atoms. The molecule has 1 saturated heterocycles. The Morgan fingerprint density at radius 2 is 2.12 bits per heavy atom. The molecule has 0 saturated carbocycles. The predicted molar refractivity (Wildman–Crippen MR) is 66.1 cm³/mol. The molecule has 0 aromatic carbocycles. The minimum atomic E-state index is -0.222. The van der Waals surface area contributed by atoms with Crippen molar-refractivity contribution in [1.82, 2.24) is 4.90 Å². The SMILES string of the molecule is C=CC[C@H]1CCN(C(=O)CC)[C@@H]1C=O.CC. The highest BCUT2D eigenvalue weighted by atomic mass is 16.2. The zero-order chi connectivity index (χ0) is 12.6. The van der Waals surface area contributed by atoms with Crippen molar-refractivity contribution in [3.05, 3.63) is 12.7 Å². The Labute approximate surface area is 98.5 Å². The van der Waals surface area contributed by atoms with E-state index in [-0.39, 0.29) is 17.9 Å². The fourth-order valence-electron chi connectivity index (χ4n) is 2.03. The molecule has 16 heavy (non-hydrogen) atoms. The van der Waals surface area contributed by atoms with Crippen LogP contribution in [0.1, 0.15) is 40.0 Å². The zero-order valence-corrected chi connectivity index (χ0v) is 10.6. The van der Waals surface area contributed by atoms with Gasteiger partial charge in [0.1, 0.15) is 6.29 Å². The van der Waals surface area contributed by atoms with Gasteiger partial charge in [-0.1, -0.05) is 26.8 Å². The number of allylic oxidation sites excluding steroid dienone is 1. The van der Waals surface area contributed by atoms with Gasteiger partial charge in [0.2, 0.25) is 5.91 Å². The van der Waals surface area contributed by atoms with Crippen LogP contribution in [-0.4, -0.2) is 29.7 Å². The molecule has 0 radical (unpaired) electrons. The summed E-state index contributed by atoms with van der Waals surface area (Å²) >= 11 is 0. The molecular formula is C13H23NO2. The van der Waals surface area contributed by atoms with Gasteiger partial charge < -0.3 is 9.69 Å². The average Bonchev–Trinajstić information content (AvgIpc) is 2.74. The smallest absolute Gasteiger partial charge is 0.222 e. The molecule has 0 aromatic heterocycles. The van der Waals surface area contributed by atoms with E-state index in [1.54, 1.807) is 4.90 Å². The van der Waals surface area contributed by atoms with E-state index in [4.69, 9.17) is 0 Å². The Morgan fingerprint density at radius 3 is 2.56 bits per heavy atom. The quantitative estimate of drug-likeness (QED) is 0.544. The molecule has 0 aromatic rings. The van der Waals surface area contributed by atoms with Gasteiger partial charge in [-0.3, -0.25) is 4.79 Å². The number of carbonyl (C=O) groups is 2. The molecule has 2 atom stereocenters. The zero-order valence-electron chi connectivity index (χ0n) is 10.6. The third-order valence-electron chi connectivity index (χ3n) is 2.82. The summed E-state index contributed by atoms with van der Waals surface area (Å²) in [6, 6.07) is -0.222. The largest absolute Gasteiger partial charge is 0.333 e. The average molecular weight is 225 g/mol. The van der Waals surface area contributed by atoms with Gasteiger partial charge in [0, 0.05) is 13.0 Å². The summed E-state index contributed by atoms with van der Waals surface area (Å²) in [7, 11) is 0. The van der Waals surface area contributed by atoms with Gasteiger partial charge in [-0.05, 0) is 18.8 Å². The highest BCUT2D eigenvalue weighted by molar-refractivity contribution is 5.80. The number of rotatable bonds is 4. The number of nitrogens with zero attached hydrogens (tertiary/aromatic N) is 1. The molecular weight excluding hydrogens is 202 g/mol. The maximum atomic E-state index is 11.5. The van der Waals surface area contributed by atoms with E-state index in [1.165, 1.54) is 0 Å². The van der Waals surface area contributed by atoms with E-state index < -0.39 is 0 Å². The van der Waals surface area contributed by atoms with Crippen LogP contribution in [0.5, 0.6) is 0 Å². The molecule has 0 unspecified atom stereocenters. The second-order valence-electron chi connectivity index (χ2n) is 3.64. The van der Waals surface area contributed by atoms with Gasteiger partial charge in [-0.15, -0.1) is 6.58 Å². The maximum absolute atomic E-state index is 11.5. The second kappa shape index (κ2) is 8.08. The molecule has 0 aliphatic carbocycles. The van der Waals surface area contributed by atoms with Crippen LogP contribution in [0.4, 0.5) is 0 Å². The topological polar surface area (TPSA) is 37.4 Å². The first-order valence-corrected chi connectivity index (χ1v) is 6.10. The fourth-order valence-corrected chi connectivity index (χ4v) is 2.03. The lowest BCUT2D eigenvalue weighted by atomic mass is 9.98. The number of carbonyl (C=O) groups excluding carboxylic acids is 2. The van der Waals surface area contributed by atoms with E-state index in [1.807, 2.05) is 26.8 Å². The van der Waals surface area contributed by atoms with Gasteiger partial charge in [0.25, 0.3) is 0 Å². The molecule has 1 fully saturated rings. The molecule has 1 rings (SSSR count). The summed E-state index contributed by atoms with van der Waals surface area (Å²) in [4.78, 5) is 24.1. The van der Waals surface area contributed by atoms with Crippen molar-refractivity contribution in [1.29, 1.82) is 0 Å². The molecule has 3 nitrogen and oxygen atoms in total. The van der Waals surface area contributed by atoms with E-state index in [0.717, 1.165) is 19.1 Å². The monoisotopic (exact) mass is 225 g/mol. The Kier molecular flexibility index (Phi) is 7.52. The minimum Gasteiger partial charge on any atom is -0.333 e. The summed E-state index contributed by atoms with van der Waals surface area (Å²) < 4.78 is 0. The van der Waals surface area contributed by atoms with Crippen molar-refractivity contribution in [3.63, 3.8) is 0 Å². The first kappa shape index (κ1) is 14.9. The molecule has 3 heteroatoms. The van der Waals surface area contributed by atoms with Crippen molar-refractivity contribution in [2.24, 2.45) is 5.92 Å². The third-order valence-corrected chi connectivity index (χ3v) is 2.82. The predicted octanol–water partition coefficient (Wildman–Crippen LogP) is 2.41. The normalized spacial score (nSPS) is 23.3. The highest BCUT2D eigenvalue weighted by Gasteiger charge is 2.34. The molecule has 92 valence electrons. The van der Waals surface area contributed by atoms with Crippen molar-refractivity contribution < 1.29 is 9.59 Å². The molecule has 1 aliphatic heterocycles. The second-order valence-corrected chi connectivity index (χ2v) is 3.64. The number of likely N-dealkylation sites (tertiary alicyclic amines) is 1. The lowest BCUT2D eigenvalue weighted by Gasteiger charge is -2.22. The summed E-state index contributed by atoms with van der Waals surface area (Å²) in [6.45, 7) is 10.2. The lowest BCUT2D eigenvalue weighted by Crippen LogP contribution is -2.38. The van der Waals surface area contributed by atoms with Crippen LogP contribution in [0, 0.1) is 5.92 Å². The van der Waals surface area contributed by atoms with Gasteiger partial charge in [-0.25, -0.2) is 0 Å². The molecule has 0 N–H and O–H groups in total. The van der Waals surface area contributed by atoms with Crippen molar-refractivity contribution in [2.45, 2.75) is 46.1 Å². The van der Waals surface area contributed by atoms with Gasteiger partial charge >= 0.3 is 0 Å². The maximum Gasteiger partial charge on any atom is 0.222 e. The summed E-state index contributed by atoms with van der Waals surface area (Å²) in [5.41, 5.74) is 0. The standard InChI is InChI=1S/C11H17NO2.C2H6/c1-3-5-9-6-7-12(10(9)8-13)11(14)4-2;1-2/h3,8-10H,1,4-7H2,2H3;1-2H3/t9-,10+;/m0./s1. The first-order chi connectivity index (χ1) is 7.74. The summed E-state index contributed by atoms with van der Waals surface area (Å²) in [5.74, 6) is 0.356. The van der Waals surface area contributed by atoms with Crippen molar-refractivity contribution >= 4 is 12.2 Å². The Morgan fingerprint density at radius 1 is 1.50 bits per heavy atom. The van der Waals surface area contributed by atoms with Crippen molar-refractivity contribution in [2.75, 3.05) is 6.54 Å². The van der Waals surface area contributed by atoms with Gasteiger partial charge in [0.05, 0.1) is 6.04 Å². The number of hydrogen-bond acceptors (Lipinski definition) is 2. The van der Waals surface area contributed by atoms with Crippen LogP contribution in [-0.2, 0) is 9.59 Å². The van der Waals surface area contributed by atoms with E-state index in [2.05, 4.69) is 6.58 Å². The Hall–Kier alpha value is -1.12. The summed E-state index contributed by atoms with van der Waals surface area (Å²) in [6.07, 6.45) is 4.93. The third kappa shape index (κ3) is 3.47. The number of hydrogen-bond donors (Lipinski definition) is 0. The van der Waals surface area contributed by atoms with Crippen LogP contribution in [0.15, 0.2) is 12.7 Å². The van der Waals surface area contributed by atoms with E-state index in [0.29, 0.717) is 13.0 Å². The fraction of sp³-hybridized carbons (Fsp3) is 0.692. The van der Waals surface area contributed by atoms with Crippen LogP contribution in [0.3, 0.4) is 0 Å². The van der Waals surface area contributed by atoms with E-state index in [9.17, 15) is 9.59 Å². The number of amides is 1.